The van der Waals surface area contributed by atoms with Crippen molar-refractivity contribution in [1.82, 2.24) is 20.4 Å². The second-order valence-corrected chi connectivity index (χ2v) is 12.6. The van der Waals surface area contributed by atoms with E-state index in [1.165, 1.54) is 0 Å². The first-order valence-corrected chi connectivity index (χ1v) is 15.9. The minimum atomic E-state index is -2.91. The molecule has 4 rings (SSSR count). The minimum Gasteiger partial charge on any atom is -0.390 e. The predicted molar refractivity (Wildman–Crippen MR) is 162 cm³/mol. The van der Waals surface area contributed by atoms with Crippen LogP contribution in [0.3, 0.4) is 0 Å². The van der Waals surface area contributed by atoms with Crippen molar-refractivity contribution >= 4 is 22.4 Å². The van der Waals surface area contributed by atoms with Gasteiger partial charge in [-0.3, -0.25) is 22.9 Å². The van der Waals surface area contributed by atoms with Crippen molar-refractivity contribution in [3.8, 4) is 0 Å². The van der Waals surface area contributed by atoms with Crippen molar-refractivity contribution in [3.63, 3.8) is 0 Å². The third-order valence-electron chi connectivity index (χ3n) is 7.22. The number of carbonyl (C=O) groups excluding carboxylic acids is 1. The van der Waals surface area contributed by atoms with Crippen LogP contribution in [0, 0.1) is 0 Å². The van der Waals surface area contributed by atoms with Gasteiger partial charge >= 0.3 is 0 Å². The van der Waals surface area contributed by atoms with Crippen LogP contribution in [0.25, 0.3) is 0 Å². The third kappa shape index (κ3) is 8.08. The molecule has 1 fully saturated rings. The summed E-state index contributed by atoms with van der Waals surface area (Å²) in [7, 11) is -2.91. The Morgan fingerprint density at radius 2 is 1.88 bits per heavy atom. The van der Waals surface area contributed by atoms with Gasteiger partial charge in [-0.2, -0.15) is 5.10 Å². The Morgan fingerprint density at radius 1 is 1.07 bits per heavy atom. The zero-order valence-corrected chi connectivity index (χ0v) is 24.3. The molecule has 2 heterocycles. The SMILES string of the molecule is CCCc1cc(C(=O)N[C@@H](Cc2ccccc2)[C@H](O)CNCc2cnn(CC)c2)cc(N2CCCCS2(O)O)c1. The van der Waals surface area contributed by atoms with Crippen LogP contribution in [0.1, 0.15) is 60.2 Å². The van der Waals surface area contributed by atoms with E-state index in [1.807, 2.05) is 66.5 Å². The quantitative estimate of drug-likeness (QED) is 0.204. The number of rotatable bonds is 13. The molecule has 0 unspecified atom stereocenters. The molecule has 1 aliphatic rings. The highest BCUT2D eigenvalue weighted by atomic mass is 32.3. The number of nitrogens with zero attached hydrogens (tertiary/aromatic N) is 3. The van der Waals surface area contributed by atoms with Crippen molar-refractivity contribution in [2.75, 3.05) is 23.1 Å². The van der Waals surface area contributed by atoms with E-state index in [9.17, 15) is 19.0 Å². The van der Waals surface area contributed by atoms with Gasteiger partial charge in [0.15, 0.2) is 0 Å². The maximum absolute atomic E-state index is 13.6. The number of anilines is 1. The van der Waals surface area contributed by atoms with Crippen LogP contribution < -0.4 is 14.9 Å². The fraction of sp³-hybridized carbons (Fsp3) is 0.467. The molecule has 0 aliphatic carbocycles. The van der Waals surface area contributed by atoms with Crippen molar-refractivity contribution in [1.29, 1.82) is 0 Å². The molecule has 0 saturated carbocycles. The molecule has 0 radical (unpaired) electrons. The Hall–Kier alpha value is -2.89. The number of hydrogen-bond donors (Lipinski definition) is 5. The number of carbonyl (C=O) groups is 1. The highest BCUT2D eigenvalue weighted by Crippen LogP contribution is 2.49. The van der Waals surface area contributed by atoms with Crippen LogP contribution in [-0.4, -0.2) is 60.9 Å². The van der Waals surface area contributed by atoms with E-state index in [4.69, 9.17) is 0 Å². The van der Waals surface area contributed by atoms with Gasteiger partial charge in [0.1, 0.15) is 0 Å². The van der Waals surface area contributed by atoms with Gasteiger partial charge in [0.2, 0.25) is 0 Å². The normalized spacial score (nSPS) is 17.3. The van der Waals surface area contributed by atoms with Gasteiger partial charge in [-0.15, -0.1) is 10.8 Å². The number of benzene rings is 2. The van der Waals surface area contributed by atoms with E-state index in [0.717, 1.165) is 48.9 Å². The lowest BCUT2D eigenvalue weighted by atomic mass is 9.99. The first-order chi connectivity index (χ1) is 19.3. The Bertz CT molecular complexity index is 1240. The number of aliphatic hydroxyl groups is 1. The van der Waals surface area contributed by atoms with Gasteiger partial charge in [-0.1, -0.05) is 43.7 Å². The predicted octanol–water partition coefficient (Wildman–Crippen LogP) is 4.61. The zero-order valence-electron chi connectivity index (χ0n) is 23.5. The fourth-order valence-electron chi connectivity index (χ4n) is 5.07. The Morgan fingerprint density at radius 3 is 2.58 bits per heavy atom. The van der Waals surface area contributed by atoms with E-state index < -0.39 is 22.9 Å². The van der Waals surface area contributed by atoms with Crippen molar-refractivity contribution < 1.29 is 19.0 Å². The Kier molecular flexibility index (Phi) is 10.6. The van der Waals surface area contributed by atoms with Crippen LogP contribution in [0.2, 0.25) is 0 Å². The summed E-state index contributed by atoms with van der Waals surface area (Å²) in [6, 6.07) is 14.8. The Labute approximate surface area is 239 Å². The van der Waals surface area contributed by atoms with E-state index >= 15 is 0 Å². The van der Waals surface area contributed by atoms with E-state index in [-0.39, 0.29) is 5.91 Å². The summed E-state index contributed by atoms with van der Waals surface area (Å²) >= 11 is 0. The second kappa shape index (κ2) is 14.1. The number of amides is 1. The molecule has 0 spiro atoms. The molecule has 9 nitrogen and oxygen atoms in total. The molecule has 10 heteroatoms. The maximum atomic E-state index is 13.6. The maximum Gasteiger partial charge on any atom is 0.251 e. The summed E-state index contributed by atoms with van der Waals surface area (Å²) < 4.78 is 25.0. The number of hydrogen-bond acceptors (Lipinski definition) is 7. The summed E-state index contributed by atoms with van der Waals surface area (Å²) in [6.07, 6.45) is 6.73. The summed E-state index contributed by atoms with van der Waals surface area (Å²) in [5.74, 6) is 0.0429. The van der Waals surface area contributed by atoms with Crippen LogP contribution >= 0.6 is 10.8 Å². The van der Waals surface area contributed by atoms with Crippen LogP contribution in [0.15, 0.2) is 60.9 Å². The largest absolute Gasteiger partial charge is 0.390 e. The fourth-order valence-corrected chi connectivity index (χ4v) is 6.74. The van der Waals surface area contributed by atoms with Gasteiger partial charge in [0, 0.05) is 43.5 Å². The van der Waals surface area contributed by atoms with Gasteiger partial charge in [0.25, 0.3) is 5.91 Å². The summed E-state index contributed by atoms with van der Waals surface area (Å²) in [4.78, 5) is 13.6. The van der Waals surface area contributed by atoms with Crippen molar-refractivity contribution in [2.24, 2.45) is 0 Å². The van der Waals surface area contributed by atoms with Crippen molar-refractivity contribution in [3.05, 3.63) is 83.2 Å². The molecule has 1 aliphatic heterocycles. The summed E-state index contributed by atoms with van der Waals surface area (Å²) in [6.45, 7) is 6.30. The van der Waals surface area contributed by atoms with Gasteiger partial charge in [-0.05, 0) is 61.9 Å². The van der Waals surface area contributed by atoms with E-state index in [2.05, 4.69) is 22.7 Å². The zero-order chi connectivity index (χ0) is 28.5. The number of aryl methyl sites for hydroxylation is 2. The standard InChI is InChI=1S/C30H43N5O4S/c1-3-10-24-15-26(18-27(16-24)35-13-8-9-14-40(35,38)39)30(37)33-28(17-23-11-6-5-7-12-23)29(36)21-31-19-25-20-32-34(4-2)22-25/h5-7,11-12,15-16,18,20,22,28-29,31,36,38-39H,3-4,8-10,13-14,17,19,21H2,1-2H3,(H,33,37)/t28-,29+/m0/s1. The molecule has 1 aromatic heterocycles. The molecule has 1 saturated heterocycles. The highest BCUT2D eigenvalue weighted by molar-refractivity contribution is 8.25. The molecular formula is C30H43N5O4S. The van der Waals surface area contributed by atoms with Gasteiger partial charge < -0.3 is 15.7 Å². The molecular weight excluding hydrogens is 526 g/mol. The number of nitrogens with one attached hydrogen (secondary N) is 2. The average Bonchev–Trinajstić information content (AvgIpc) is 3.41. The van der Waals surface area contributed by atoms with Gasteiger partial charge in [0.05, 0.1) is 29.8 Å². The van der Waals surface area contributed by atoms with Crippen LogP contribution in [0.5, 0.6) is 0 Å². The second-order valence-electron chi connectivity index (χ2n) is 10.5. The first kappa shape index (κ1) is 30.1. The number of aliphatic hydroxyl groups excluding tert-OH is 1. The molecule has 1 amide bonds. The lowest BCUT2D eigenvalue weighted by Gasteiger charge is -2.47. The first-order valence-electron chi connectivity index (χ1n) is 14.2. The average molecular weight is 570 g/mol. The molecule has 3 aromatic rings. The van der Waals surface area contributed by atoms with Crippen LogP contribution in [0.4, 0.5) is 5.69 Å². The van der Waals surface area contributed by atoms with Crippen molar-refractivity contribution in [2.45, 2.75) is 71.2 Å². The van der Waals surface area contributed by atoms with Gasteiger partial charge in [-0.25, -0.2) is 0 Å². The van der Waals surface area contributed by atoms with Crippen LogP contribution in [-0.2, 0) is 25.9 Å². The minimum absolute atomic E-state index is 0.295. The third-order valence-corrected chi connectivity index (χ3v) is 9.16. The topological polar surface area (TPSA) is 123 Å². The number of aromatic nitrogens is 2. The smallest absolute Gasteiger partial charge is 0.251 e. The molecule has 218 valence electrons. The van der Waals surface area contributed by atoms with E-state index in [0.29, 0.717) is 43.1 Å². The molecule has 2 atom stereocenters. The van der Waals surface area contributed by atoms with E-state index in [1.54, 1.807) is 10.4 Å². The lowest BCUT2D eigenvalue weighted by molar-refractivity contribution is 0.0830. The molecule has 40 heavy (non-hydrogen) atoms. The Balaban J connectivity index is 1.52. The molecule has 5 N–H and O–H groups in total. The summed E-state index contributed by atoms with van der Waals surface area (Å²) in [5, 5.41) is 21.9. The summed E-state index contributed by atoms with van der Waals surface area (Å²) in [5.41, 5.74) is 4.12. The highest BCUT2D eigenvalue weighted by Gasteiger charge is 2.28. The lowest BCUT2D eigenvalue weighted by Crippen LogP contribution is -2.48. The molecule has 0 bridgehead atoms. The molecule has 2 aromatic carbocycles. The monoisotopic (exact) mass is 569 g/mol.